The van der Waals surface area contributed by atoms with E-state index >= 15 is 0 Å². The highest BCUT2D eigenvalue weighted by molar-refractivity contribution is 5.91. The van der Waals surface area contributed by atoms with Crippen molar-refractivity contribution in [2.45, 2.75) is 70.5 Å². The number of nitrogens with zero attached hydrogens (tertiary/aromatic N) is 5. The molecule has 0 spiro atoms. The van der Waals surface area contributed by atoms with Gasteiger partial charge in [0.25, 0.3) is 5.91 Å². The van der Waals surface area contributed by atoms with Gasteiger partial charge in [-0.05, 0) is 80.7 Å². The largest absolute Gasteiger partial charge is 0.507 e. The van der Waals surface area contributed by atoms with Crippen LogP contribution in [0.2, 0.25) is 0 Å². The average molecular weight is 720 g/mol. The van der Waals surface area contributed by atoms with Crippen LogP contribution >= 0.6 is 0 Å². The zero-order chi connectivity index (χ0) is 36.9. The molecular weight excluding hydrogens is 666 g/mol. The topological polar surface area (TPSA) is 158 Å². The first kappa shape index (κ1) is 37.4. The number of hydrogen-bond donors (Lipinski definition) is 4. The molecule has 3 fully saturated rings. The zero-order valence-electron chi connectivity index (χ0n) is 30.6. The lowest BCUT2D eigenvalue weighted by atomic mass is 9.82. The van der Waals surface area contributed by atoms with Crippen LogP contribution in [-0.2, 0) is 27.3 Å². The summed E-state index contributed by atoms with van der Waals surface area (Å²) in [5.41, 5.74) is 6.51. The van der Waals surface area contributed by atoms with E-state index in [1.54, 1.807) is 0 Å². The van der Waals surface area contributed by atoms with Gasteiger partial charge < -0.3 is 30.2 Å². The summed E-state index contributed by atoms with van der Waals surface area (Å²) in [5, 5.41) is 24.0. The summed E-state index contributed by atoms with van der Waals surface area (Å²) in [6.07, 6.45) is 2.63. The molecule has 4 aliphatic heterocycles. The molecule has 14 nitrogen and oxygen atoms in total. The molecule has 2 aromatic carbocycles. The van der Waals surface area contributed by atoms with Crippen molar-refractivity contribution in [2.75, 3.05) is 71.3 Å². The Hall–Kier alpha value is -4.40. The number of hydrogen-bond acceptors (Lipinski definition) is 8. The summed E-state index contributed by atoms with van der Waals surface area (Å²) in [7, 11) is 1.43. The Bertz CT molecular complexity index is 1600. The van der Waals surface area contributed by atoms with Gasteiger partial charge >= 0.3 is 12.1 Å². The van der Waals surface area contributed by atoms with Gasteiger partial charge in [-0.25, -0.2) is 15.1 Å². The van der Waals surface area contributed by atoms with E-state index < -0.39 is 18.1 Å². The summed E-state index contributed by atoms with van der Waals surface area (Å²) in [6.45, 7) is 8.81. The zero-order valence-corrected chi connectivity index (χ0v) is 30.6. The van der Waals surface area contributed by atoms with Gasteiger partial charge in [0.1, 0.15) is 5.75 Å². The van der Waals surface area contributed by atoms with Crippen molar-refractivity contribution in [3.05, 3.63) is 58.7 Å². The molecule has 0 aliphatic carbocycles. The molecule has 282 valence electrons. The fraction of sp³-hybridized carbons (Fsp3) is 0.579. The fourth-order valence-electron chi connectivity index (χ4n) is 8.76. The molecule has 14 heteroatoms. The minimum Gasteiger partial charge on any atom is -0.507 e. The van der Waals surface area contributed by atoms with E-state index in [0.717, 1.165) is 55.8 Å². The van der Waals surface area contributed by atoms with E-state index in [2.05, 4.69) is 20.6 Å². The van der Waals surface area contributed by atoms with Crippen molar-refractivity contribution in [2.24, 2.45) is 5.92 Å². The standard InChI is InChI=1S/C38H53N7O7/c1-25-20-27(21-26(2)35(25)47)22-31(36(48)43-18-16-42(17-19-43)29-9-12-41(13-10-29)24-34(46)40-52-3)33-23-30(11-15-45(33)38(50)51)44-14-8-28-6-4-5-7-32(28)39-37(44)49/h4-7,20-21,29-31,33,47H,8-19,22-24H2,1-3H3,(H,39,49)(H,40,46)(H,50,51)/t30?,31?,33-/m1/s1. The summed E-state index contributed by atoms with van der Waals surface area (Å²) < 4.78 is 0. The summed E-state index contributed by atoms with van der Waals surface area (Å²) in [6, 6.07) is 10.8. The predicted octanol–water partition coefficient (Wildman–Crippen LogP) is 3.06. The number of para-hydroxylation sites is 1. The lowest BCUT2D eigenvalue weighted by molar-refractivity contribution is -0.140. The molecule has 4 aliphatic rings. The second-order valence-electron chi connectivity index (χ2n) is 14.7. The molecule has 0 bridgehead atoms. The lowest BCUT2D eigenvalue weighted by Crippen LogP contribution is -2.60. The third kappa shape index (κ3) is 8.45. The van der Waals surface area contributed by atoms with Crippen molar-refractivity contribution in [1.82, 2.24) is 30.0 Å². The number of carbonyl (C=O) groups excluding carboxylic acids is 3. The van der Waals surface area contributed by atoms with E-state index in [-0.39, 0.29) is 36.2 Å². The van der Waals surface area contributed by atoms with Gasteiger partial charge in [-0.15, -0.1) is 0 Å². The number of rotatable bonds is 9. The fourth-order valence-corrected chi connectivity index (χ4v) is 8.76. The predicted molar refractivity (Wildman–Crippen MR) is 195 cm³/mol. The molecule has 2 aromatic rings. The van der Waals surface area contributed by atoms with Crippen molar-refractivity contribution in [3.63, 3.8) is 0 Å². The van der Waals surface area contributed by atoms with Crippen LogP contribution in [0, 0.1) is 19.8 Å². The summed E-state index contributed by atoms with van der Waals surface area (Å²) in [4.78, 5) is 67.5. The number of fused-ring (bicyclic) bond motifs is 1. The molecule has 0 aromatic heterocycles. The lowest BCUT2D eigenvalue weighted by Gasteiger charge is -2.47. The van der Waals surface area contributed by atoms with Gasteiger partial charge in [-0.2, -0.15) is 0 Å². The Kier molecular flexibility index (Phi) is 11.9. The number of benzene rings is 2. The van der Waals surface area contributed by atoms with E-state index in [1.165, 1.54) is 12.0 Å². The van der Waals surface area contributed by atoms with Gasteiger partial charge in [0, 0.05) is 76.2 Å². The number of phenols is 1. The van der Waals surface area contributed by atoms with Crippen LogP contribution in [0.5, 0.6) is 5.75 Å². The number of nitrogens with one attached hydrogen (secondary N) is 2. The number of anilines is 1. The third-order valence-electron chi connectivity index (χ3n) is 11.5. The number of likely N-dealkylation sites (tertiary alicyclic amines) is 2. The number of amides is 5. The molecule has 3 saturated heterocycles. The smallest absolute Gasteiger partial charge is 0.407 e. The first-order chi connectivity index (χ1) is 25.0. The van der Waals surface area contributed by atoms with Crippen molar-refractivity contribution < 1.29 is 34.2 Å². The number of piperazine rings is 1. The molecule has 0 saturated carbocycles. The minimum absolute atomic E-state index is 0.0772. The molecule has 0 radical (unpaired) electrons. The molecule has 2 unspecified atom stereocenters. The Morgan fingerprint density at radius 1 is 0.942 bits per heavy atom. The molecule has 6 rings (SSSR count). The Morgan fingerprint density at radius 3 is 2.29 bits per heavy atom. The molecule has 52 heavy (non-hydrogen) atoms. The van der Waals surface area contributed by atoms with E-state index in [0.29, 0.717) is 69.0 Å². The monoisotopic (exact) mass is 719 g/mol. The van der Waals surface area contributed by atoms with Crippen LogP contribution in [0.3, 0.4) is 0 Å². The maximum atomic E-state index is 14.7. The van der Waals surface area contributed by atoms with Gasteiger partial charge in [-0.3, -0.25) is 24.2 Å². The molecule has 3 atom stereocenters. The van der Waals surface area contributed by atoms with Gasteiger partial charge in [0.15, 0.2) is 0 Å². The van der Waals surface area contributed by atoms with Crippen LogP contribution < -0.4 is 10.8 Å². The minimum atomic E-state index is -1.07. The highest BCUT2D eigenvalue weighted by Gasteiger charge is 2.44. The van der Waals surface area contributed by atoms with Crippen molar-refractivity contribution in [3.8, 4) is 5.75 Å². The summed E-state index contributed by atoms with van der Waals surface area (Å²) in [5.74, 6) is -0.703. The molecule has 4 N–H and O–H groups in total. The van der Waals surface area contributed by atoms with Gasteiger partial charge in [0.05, 0.1) is 19.6 Å². The van der Waals surface area contributed by atoms with Crippen LogP contribution in [-0.4, -0.2) is 143 Å². The Morgan fingerprint density at radius 2 is 1.62 bits per heavy atom. The molecule has 5 amide bonds. The number of phenolic OH excluding ortho intramolecular Hbond substituents is 1. The van der Waals surface area contributed by atoms with Crippen LogP contribution in [0.4, 0.5) is 15.3 Å². The van der Waals surface area contributed by atoms with Gasteiger partial charge in [0.2, 0.25) is 5.91 Å². The second-order valence-corrected chi connectivity index (χ2v) is 14.7. The number of aromatic hydroxyl groups is 1. The number of piperidine rings is 2. The quantitative estimate of drug-likeness (QED) is 0.286. The van der Waals surface area contributed by atoms with Gasteiger partial charge in [-0.1, -0.05) is 30.3 Å². The summed E-state index contributed by atoms with van der Waals surface area (Å²) >= 11 is 0. The van der Waals surface area contributed by atoms with Crippen LogP contribution in [0.25, 0.3) is 0 Å². The number of carboxylic acid groups (broad SMARTS) is 1. The molecule has 4 heterocycles. The van der Waals surface area contributed by atoms with E-state index in [4.69, 9.17) is 4.84 Å². The number of carbonyl (C=O) groups is 4. The Labute approximate surface area is 305 Å². The molecular formula is C38H53N7O7. The highest BCUT2D eigenvalue weighted by Crippen LogP contribution is 2.34. The number of hydroxylamine groups is 1. The second kappa shape index (κ2) is 16.5. The first-order valence-corrected chi connectivity index (χ1v) is 18.5. The first-order valence-electron chi connectivity index (χ1n) is 18.5. The average Bonchev–Trinajstić information content (AvgIpc) is 3.30. The number of urea groups is 1. The maximum absolute atomic E-state index is 14.7. The van der Waals surface area contributed by atoms with Crippen molar-refractivity contribution >= 4 is 29.6 Å². The maximum Gasteiger partial charge on any atom is 0.407 e. The SMILES string of the molecule is CONC(=O)CN1CCC(N2CCN(C(=O)C(Cc3cc(C)c(O)c(C)c3)[C@H]3CC(N4CCc5ccccc5NC4=O)CCN3C(=O)O)CC2)CC1. The van der Waals surface area contributed by atoms with Crippen molar-refractivity contribution in [1.29, 1.82) is 0 Å². The number of aryl methyl sites for hydroxylation is 2. The Balaban J connectivity index is 1.18. The van der Waals surface area contributed by atoms with Crippen LogP contribution in [0.15, 0.2) is 36.4 Å². The van der Waals surface area contributed by atoms with E-state index in [1.807, 2.05) is 60.0 Å². The third-order valence-corrected chi connectivity index (χ3v) is 11.5. The van der Waals surface area contributed by atoms with E-state index in [9.17, 15) is 29.4 Å². The van der Waals surface area contributed by atoms with Crippen LogP contribution in [0.1, 0.15) is 47.9 Å². The normalized spacial score (nSPS) is 22.7. The highest BCUT2D eigenvalue weighted by atomic mass is 16.6.